The Balaban J connectivity index is 2.57. The van der Waals surface area contributed by atoms with E-state index in [0.29, 0.717) is 12.1 Å². The summed E-state index contributed by atoms with van der Waals surface area (Å²) in [5, 5.41) is 9.55. The first-order chi connectivity index (χ1) is 7.72. The molecule has 0 unspecified atom stereocenters. The topological polar surface area (TPSA) is 91.8 Å². The Morgan fingerprint density at radius 1 is 1.44 bits per heavy atom. The molecule has 0 fully saturated rings. The zero-order chi connectivity index (χ0) is 11.5. The predicted octanol–water partition coefficient (Wildman–Crippen LogP) is 0.495. The van der Waals surface area contributed by atoms with Crippen LogP contribution in [0.15, 0.2) is 23.4 Å². The van der Waals surface area contributed by atoms with Crippen molar-refractivity contribution < 1.29 is 5.11 Å². The average molecular weight is 218 g/mol. The number of aromatic hydroxyl groups is 1. The summed E-state index contributed by atoms with van der Waals surface area (Å²) in [6.07, 6.45) is 4.89. The normalized spacial score (nSPS) is 10.3. The minimum Gasteiger partial charge on any atom is -0.493 e. The van der Waals surface area contributed by atoms with Crippen LogP contribution in [0.4, 0.5) is 0 Å². The van der Waals surface area contributed by atoms with Crippen LogP contribution >= 0.6 is 0 Å². The number of aromatic nitrogens is 4. The summed E-state index contributed by atoms with van der Waals surface area (Å²) in [4.78, 5) is 25.8. The van der Waals surface area contributed by atoms with Crippen LogP contribution in [0.2, 0.25) is 0 Å². The lowest BCUT2D eigenvalue weighted by Gasteiger charge is -2.02. The van der Waals surface area contributed by atoms with Gasteiger partial charge < -0.3 is 10.1 Å². The number of H-pyrrole nitrogens is 1. The molecule has 0 aliphatic heterocycles. The smallest absolute Gasteiger partial charge is 0.258 e. The lowest BCUT2D eigenvalue weighted by Crippen LogP contribution is -2.14. The van der Waals surface area contributed by atoms with Gasteiger partial charge in [0.25, 0.3) is 5.56 Å². The summed E-state index contributed by atoms with van der Waals surface area (Å²) >= 11 is 0. The maximum absolute atomic E-state index is 11.6. The highest BCUT2D eigenvalue weighted by atomic mass is 16.3. The van der Waals surface area contributed by atoms with Crippen LogP contribution < -0.4 is 5.56 Å². The maximum Gasteiger partial charge on any atom is 0.258 e. The van der Waals surface area contributed by atoms with Gasteiger partial charge in [-0.15, -0.1) is 0 Å². The van der Waals surface area contributed by atoms with Crippen LogP contribution in [0, 0.1) is 0 Å². The number of aromatic amines is 1. The Bertz CT molecular complexity index is 550. The molecule has 0 saturated heterocycles. The minimum atomic E-state index is -0.351. The molecule has 6 heteroatoms. The summed E-state index contributed by atoms with van der Waals surface area (Å²) in [7, 11) is 0. The van der Waals surface area contributed by atoms with Crippen molar-refractivity contribution in [2.75, 3.05) is 0 Å². The van der Waals surface area contributed by atoms with E-state index in [2.05, 4.69) is 19.9 Å². The van der Waals surface area contributed by atoms with Crippen LogP contribution in [-0.4, -0.2) is 25.0 Å². The first-order valence-corrected chi connectivity index (χ1v) is 4.81. The van der Waals surface area contributed by atoms with Crippen LogP contribution in [0.5, 0.6) is 5.88 Å². The molecule has 0 aromatic carbocycles. The number of nitrogens with one attached hydrogen (secondary N) is 1. The lowest BCUT2D eigenvalue weighted by molar-refractivity contribution is 0.444. The molecule has 16 heavy (non-hydrogen) atoms. The summed E-state index contributed by atoms with van der Waals surface area (Å²) in [6, 6.07) is 0. The van der Waals surface area contributed by atoms with Gasteiger partial charge in [0.15, 0.2) is 5.82 Å². The third-order valence-electron chi connectivity index (χ3n) is 2.15. The lowest BCUT2D eigenvalue weighted by atomic mass is 10.2. The summed E-state index contributed by atoms with van der Waals surface area (Å²) < 4.78 is 0. The summed E-state index contributed by atoms with van der Waals surface area (Å²) in [6.45, 7) is 1.77. The molecule has 2 aromatic rings. The van der Waals surface area contributed by atoms with Gasteiger partial charge in [-0.25, -0.2) is 4.98 Å². The fraction of sp³-hybridized carbons (Fsp3) is 0.200. The molecular weight excluding hydrogens is 208 g/mol. The van der Waals surface area contributed by atoms with Gasteiger partial charge in [0, 0.05) is 12.4 Å². The molecule has 0 amide bonds. The van der Waals surface area contributed by atoms with Crippen LogP contribution in [0.3, 0.4) is 0 Å². The number of hydrogen-bond donors (Lipinski definition) is 2. The van der Waals surface area contributed by atoms with Gasteiger partial charge in [-0.3, -0.25) is 9.78 Å². The first kappa shape index (κ1) is 10.3. The Labute approximate surface area is 91.1 Å². The SMILES string of the molecule is CCc1c(O)nc(-c2cnccn2)[nH]c1=O. The molecule has 0 atom stereocenters. The van der Waals surface area contributed by atoms with E-state index in [-0.39, 0.29) is 22.8 Å². The molecule has 0 aliphatic rings. The molecule has 0 saturated carbocycles. The van der Waals surface area contributed by atoms with Gasteiger partial charge in [0.1, 0.15) is 5.69 Å². The third-order valence-corrected chi connectivity index (χ3v) is 2.15. The van der Waals surface area contributed by atoms with Crippen LogP contribution in [0.1, 0.15) is 12.5 Å². The highest BCUT2D eigenvalue weighted by Gasteiger charge is 2.10. The number of hydrogen-bond acceptors (Lipinski definition) is 5. The average Bonchev–Trinajstić information content (AvgIpc) is 2.30. The van der Waals surface area contributed by atoms with Crippen LogP contribution in [0.25, 0.3) is 11.5 Å². The molecule has 82 valence electrons. The molecule has 0 aliphatic carbocycles. The van der Waals surface area contributed by atoms with Crippen molar-refractivity contribution in [3.8, 4) is 17.4 Å². The Morgan fingerprint density at radius 3 is 2.81 bits per heavy atom. The van der Waals surface area contributed by atoms with Gasteiger partial charge in [-0.1, -0.05) is 6.92 Å². The fourth-order valence-corrected chi connectivity index (χ4v) is 1.35. The van der Waals surface area contributed by atoms with E-state index >= 15 is 0 Å². The van der Waals surface area contributed by atoms with E-state index in [0.717, 1.165) is 0 Å². The monoisotopic (exact) mass is 218 g/mol. The van der Waals surface area contributed by atoms with E-state index in [1.165, 1.54) is 18.6 Å². The fourth-order valence-electron chi connectivity index (χ4n) is 1.35. The second-order valence-electron chi connectivity index (χ2n) is 3.16. The quantitative estimate of drug-likeness (QED) is 0.765. The molecule has 0 radical (unpaired) electrons. The molecule has 0 bridgehead atoms. The van der Waals surface area contributed by atoms with Crippen molar-refractivity contribution in [3.63, 3.8) is 0 Å². The predicted molar refractivity (Wildman–Crippen MR) is 56.9 cm³/mol. The second kappa shape index (κ2) is 4.09. The summed E-state index contributed by atoms with van der Waals surface area (Å²) in [5.41, 5.74) is 0.334. The number of rotatable bonds is 2. The zero-order valence-electron chi connectivity index (χ0n) is 8.64. The molecule has 2 N–H and O–H groups in total. The molecule has 6 nitrogen and oxygen atoms in total. The number of nitrogens with zero attached hydrogens (tertiary/aromatic N) is 3. The first-order valence-electron chi connectivity index (χ1n) is 4.81. The molecule has 2 heterocycles. The van der Waals surface area contributed by atoms with Crippen molar-refractivity contribution >= 4 is 0 Å². The van der Waals surface area contributed by atoms with Crippen molar-refractivity contribution in [3.05, 3.63) is 34.5 Å². The van der Waals surface area contributed by atoms with Gasteiger partial charge in [-0.05, 0) is 6.42 Å². The van der Waals surface area contributed by atoms with Crippen molar-refractivity contribution in [1.82, 2.24) is 19.9 Å². The van der Waals surface area contributed by atoms with Gasteiger partial charge in [-0.2, -0.15) is 4.98 Å². The molecule has 2 rings (SSSR count). The van der Waals surface area contributed by atoms with E-state index in [1.807, 2.05) is 0 Å². The van der Waals surface area contributed by atoms with Crippen molar-refractivity contribution in [2.24, 2.45) is 0 Å². The summed E-state index contributed by atoms with van der Waals surface area (Å²) in [5.74, 6) is -0.0419. The van der Waals surface area contributed by atoms with E-state index < -0.39 is 0 Å². The van der Waals surface area contributed by atoms with Crippen molar-refractivity contribution in [1.29, 1.82) is 0 Å². The van der Waals surface area contributed by atoms with E-state index in [1.54, 1.807) is 6.92 Å². The van der Waals surface area contributed by atoms with Gasteiger partial charge in [0.2, 0.25) is 5.88 Å². The second-order valence-corrected chi connectivity index (χ2v) is 3.16. The van der Waals surface area contributed by atoms with E-state index in [9.17, 15) is 9.90 Å². The zero-order valence-corrected chi connectivity index (χ0v) is 8.64. The van der Waals surface area contributed by atoms with Gasteiger partial charge in [0.05, 0.1) is 11.8 Å². The maximum atomic E-state index is 11.6. The highest BCUT2D eigenvalue weighted by Crippen LogP contribution is 2.14. The largest absolute Gasteiger partial charge is 0.493 e. The van der Waals surface area contributed by atoms with Crippen molar-refractivity contribution in [2.45, 2.75) is 13.3 Å². The molecule has 0 spiro atoms. The highest BCUT2D eigenvalue weighted by molar-refractivity contribution is 5.48. The standard InChI is InChI=1S/C10H10N4O2/c1-2-6-9(15)13-8(14-10(6)16)7-5-11-3-4-12-7/h3-5H,2H2,1H3,(H2,13,14,15,16). The molecular formula is C10H10N4O2. The van der Waals surface area contributed by atoms with E-state index in [4.69, 9.17) is 0 Å². The van der Waals surface area contributed by atoms with Crippen LogP contribution in [-0.2, 0) is 6.42 Å². The Morgan fingerprint density at radius 2 is 2.25 bits per heavy atom. The minimum absolute atomic E-state index is 0.216. The Hall–Kier alpha value is -2.24. The Kier molecular flexibility index (Phi) is 2.63. The third kappa shape index (κ3) is 1.77. The molecule has 2 aromatic heterocycles. The van der Waals surface area contributed by atoms with Gasteiger partial charge >= 0.3 is 0 Å².